The van der Waals surface area contributed by atoms with Crippen LogP contribution in [0.15, 0.2) is 29.2 Å². The molecule has 1 aromatic carbocycles. The minimum Gasteiger partial charge on any atom is -0.328 e. The van der Waals surface area contributed by atoms with Gasteiger partial charge in [-0.25, -0.2) is 0 Å². The van der Waals surface area contributed by atoms with E-state index >= 15 is 0 Å². The smallest absolute Gasteiger partial charge is 0.00693 e. The van der Waals surface area contributed by atoms with Crippen molar-refractivity contribution in [3.05, 3.63) is 29.8 Å². The lowest BCUT2D eigenvalue weighted by Crippen LogP contribution is -2.37. The highest BCUT2D eigenvalue weighted by molar-refractivity contribution is 7.98. The number of nitrogens with two attached hydrogens (primary N) is 1. The Morgan fingerprint density at radius 3 is 2.43 bits per heavy atom. The van der Waals surface area contributed by atoms with Crippen LogP contribution in [0.5, 0.6) is 0 Å². The molecule has 0 spiro atoms. The zero-order chi connectivity index (χ0) is 9.97. The predicted octanol–water partition coefficient (Wildman–Crippen LogP) is 2.69. The van der Waals surface area contributed by atoms with Gasteiger partial charge in [0.1, 0.15) is 0 Å². The number of hydrogen-bond donors (Lipinski definition) is 1. The maximum absolute atomic E-state index is 5.76. The maximum Gasteiger partial charge on any atom is 0.00693 e. The largest absolute Gasteiger partial charge is 0.328 e. The van der Waals surface area contributed by atoms with Gasteiger partial charge in [-0.05, 0) is 49.1 Å². The molecular weight excluding hydrogens is 190 g/mol. The number of thioether (sulfide) groups is 1. The van der Waals surface area contributed by atoms with E-state index in [9.17, 15) is 0 Å². The standard InChI is InChI=1S/C12H17NS/c1-14-12-4-2-9(3-5-12)6-10-7-11(13)8-10/h2-5,10-11H,6-8,13H2,1H3. The zero-order valence-corrected chi connectivity index (χ0v) is 9.39. The first-order valence-corrected chi connectivity index (χ1v) is 6.39. The van der Waals surface area contributed by atoms with Crippen molar-refractivity contribution in [1.29, 1.82) is 0 Å². The van der Waals surface area contributed by atoms with Crippen molar-refractivity contribution < 1.29 is 0 Å². The van der Waals surface area contributed by atoms with Crippen molar-refractivity contribution in [2.24, 2.45) is 11.7 Å². The number of benzene rings is 1. The van der Waals surface area contributed by atoms with Crippen molar-refractivity contribution in [3.8, 4) is 0 Å². The van der Waals surface area contributed by atoms with Crippen LogP contribution in [0.1, 0.15) is 18.4 Å². The van der Waals surface area contributed by atoms with Crippen LogP contribution in [-0.2, 0) is 6.42 Å². The fraction of sp³-hybridized carbons (Fsp3) is 0.500. The summed E-state index contributed by atoms with van der Waals surface area (Å²) in [5, 5.41) is 0. The Morgan fingerprint density at radius 1 is 1.29 bits per heavy atom. The molecule has 76 valence electrons. The lowest BCUT2D eigenvalue weighted by Gasteiger charge is -2.32. The average Bonchev–Trinajstić information content (AvgIpc) is 2.17. The molecule has 0 aliphatic heterocycles. The van der Waals surface area contributed by atoms with Crippen LogP contribution in [-0.4, -0.2) is 12.3 Å². The highest BCUT2D eigenvalue weighted by atomic mass is 32.2. The van der Waals surface area contributed by atoms with E-state index in [1.165, 1.54) is 29.7 Å². The molecule has 14 heavy (non-hydrogen) atoms. The third-order valence-corrected chi connectivity index (χ3v) is 3.70. The molecule has 1 saturated carbocycles. The predicted molar refractivity (Wildman–Crippen MR) is 62.6 cm³/mol. The molecule has 0 heterocycles. The summed E-state index contributed by atoms with van der Waals surface area (Å²) in [7, 11) is 0. The first-order valence-electron chi connectivity index (χ1n) is 5.16. The summed E-state index contributed by atoms with van der Waals surface area (Å²) in [4.78, 5) is 1.35. The molecule has 2 heteroatoms. The fourth-order valence-corrected chi connectivity index (χ4v) is 2.46. The number of hydrogen-bond acceptors (Lipinski definition) is 2. The summed E-state index contributed by atoms with van der Waals surface area (Å²) in [6, 6.07) is 9.38. The second kappa shape index (κ2) is 4.37. The summed E-state index contributed by atoms with van der Waals surface area (Å²) >= 11 is 1.80. The third kappa shape index (κ3) is 2.31. The van der Waals surface area contributed by atoms with Crippen molar-refractivity contribution in [2.75, 3.05) is 6.26 Å². The van der Waals surface area contributed by atoms with E-state index in [-0.39, 0.29) is 0 Å². The van der Waals surface area contributed by atoms with Gasteiger partial charge in [-0.15, -0.1) is 11.8 Å². The number of rotatable bonds is 3. The summed E-state index contributed by atoms with van der Waals surface area (Å²) in [6.07, 6.45) is 5.75. The van der Waals surface area contributed by atoms with Gasteiger partial charge in [0.05, 0.1) is 0 Å². The Morgan fingerprint density at radius 2 is 1.93 bits per heavy atom. The van der Waals surface area contributed by atoms with Gasteiger partial charge in [0.15, 0.2) is 0 Å². The lowest BCUT2D eigenvalue weighted by molar-refractivity contribution is 0.264. The monoisotopic (exact) mass is 207 g/mol. The van der Waals surface area contributed by atoms with Crippen molar-refractivity contribution in [2.45, 2.75) is 30.2 Å². The topological polar surface area (TPSA) is 26.0 Å². The molecule has 2 rings (SSSR count). The van der Waals surface area contributed by atoms with Gasteiger partial charge in [-0.2, -0.15) is 0 Å². The first-order chi connectivity index (χ1) is 6.78. The molecule has 1 fully saturated rings. The summed E-state index contributed by atoms with van der Waals surface area (Å²) < 4.78 is 0. The van der Waals surface area contributed by atoms with Gasteiger partial charge in [0.2, 0.25) is 0 Å². The molecular formula is C12H17NS. The van der Waals surface area contributed by atoms with Crippen LogP contribution in [0.2, 0.25) is 0 Å². The molecule has 1 aliphatic rings. The van der Waals surface area contributed by atoms with Crippen LogP contribution >= 0.6 is 11.8 Å². The van der Waals surface area contributed by atoms with Gasteiger partial charge in [0.25, 0.3) is 0 Å². The van der Waals surface area contributed by atoms with E-state index in [0.717, 1.165) is 5.92 Å². The Hall–Kier alpha value is -0.470. The minimum absolute atomic E-state index is 0.477. The van der Waals surface area contributed by atoms with E-state index in [1.54, 1.807) is 11.8 Å². The van der Waals surface area contributed by atoms with Crippen LogP contribution in [0, 0.1) is 5.92 Å². The van der Waals surface area contributed by atoms with Gasteiger partial charge >= 0.3 is 0 Å². The summed E-state index contributed by atoms with van der Waals surface area (Å²) in [5.74, 6) is 0.838. The second-order valence-electron chi connectivity index (χ2n) is 4.15. The first kappa shape index (κ1) is 10.1. The Kier molecular flexibility index (Phi) is 3.14. The van der Waals surface area contributed by atoms with E-state index in [0.29, 0.717) is 6.04 Å². The van der Waals surface area contributed by atoms with Crippen LogP contribution in [0.25, 0.3) is 0 Å². The summed E-state index contributed by atoms with van der Waals surface area (Å²) in [6.45, 7) is 0. The highest BCUT2D eigenvalue weighted by Gasteiger charge is 2.25. The van der Waals surface area contributed by atoms with Gasteiger partial charge in [0, 0.05) is 10.9 Å². The third-order valence-electron chi connectivity index (χ3n) is 2.96. The molecule has 0 radical (unpaired) electrons. The molecule has 1 aliphatic carbocycles. The molecule has 0 aromatic heterocycles. The zero-order valence-electron chi connectivity index (χ0n) is 8.57. The highest BCUT2D eigenvalue weighted by Crippen LogP contribution is 2.29. The van der Waals surface area contributed by atoms with Crippen molar-refractivity contribution in [3.63, 3.8) is 0 Å². The Balaban J connectivity index is 1.90. The molecule has 0 bridgehead atoms. The van der Waals surface area contributed by atoms with E-state index in [4.69, 9.17) is 5.73 Å². The van der Waals surface area contributed by atoms with Gasteiger partial charge in [-0.1, -0.05) is 12.1 Å². The molecule has 0 amide bonds. The van der Waals surface area contributed by atoms with Crippen molar-refractivity contribution >= 4 is 11.8 Å². The molecule has 1 aromatic rings. The van der Waals surface area contributed by atoms with Gasteiger partial charge < -0.3 is 5.73 Å². The lowest BCUT2D eigenvalue weighted by atomic mass is 9.77. The Bertz CT molecular complexity index is 288. The average molecular weight is 207 g/mol. The quantitative estimate of drug-likeness (QED) is 0.771. The molecule has 0 atom stereocenters. The Labute approximate surface area is 90.1 Å². The molecule has 2 N–H and O–H groups in total. The van der Waals surface area contributed by atoms with E-state index in [1.807, 2.05) is 0 Å². The van der Waals surface area contributed by atoms with Crippen LogP contribution < -0.4 is 5.73 Å². The maximum atomic E-state index is 5.76. The van der Waals surface area contributed by atoms with Crippen molar-refractivity contribution in [1.82, 2.24) is 0 Å². The fourth-order valence-electron chi connectivity index (χ4n) is 2.05. The molecule has 1 nitrogen and oxygen atoms in total. The molecule has 0 saturated heterocycles. The summed E-state index contributed by atoms with van der Waals surface area (Å²) in [5.41, 5.74) is 7.22. The van der Waals surface area contributed by atoms with E-state index < -0.39 is 0 Å². The van der Waals surface area contributed by atoms with E-state index in [2.05, 4.69) is 30.5 Å². The van der Waals surface area contributed by atoms with Crippen LogP contribution in [0.3, 0.4) is 0 Å². The normalized spacial score (nSPS) is 25.9. The van der Waals surface area contributed by atoms with Gasteiger partial charge in [-0.3, -0.25) is 0 Å². The minimum atomic E-state index is 0.477. The molecule has 0 unspecified atom stereocenters. The van der Waals surface area contributed by atoms with Crippen LogP contribution in [0.4, 0.5) is 0 Å². The SMILES string of the molecule is CSc1ccc(CC2CC(N)C2)cc1. The second-order valence-corrected chi connectivity index (χ2v) is 5.03.